The van der Waals surface area contributed by atoms with Crippen molar-refractivity contribution in [2.45, 2.75) is 51.5 Å². The zero-order valence-electron chi connectivity index (χ0n) is 12.8. The van der Waals surface area contributed by atoms with Crippen molar-refractivity contribution < 1.29 is 9.59 Å². The number of amides is 2. The molecule has 1 heterocycles. The van der Waals surface area contributed by atoms with Gasteiger partial charge in [0.25, 0.3) is 0 Å². The Bertz CT molecular complexity index is 340. The lowest BCUT2D eigenvalue weighted by Crippen LogP contribution is -2.50. The van der Waals surface area contributed by atoms with Crippen LogP contribution in [0.2, 0.25) is 0 Å². The Morgan fingerprint density at radius 2 is 1.95 bits per heavy atom. The summed E-state index contributed by atoms with van der Waals surface area (Å²) < 4.78 is 0. The molecule has 0 aromatic carbocycles. The minimum atomic E-state index is -0.336. The SMILES string of the molecule is CC(=O)NC(C(=O)NCCC1CCNC1)C1CCCC1.Cl. The molecule has 1 saturated carbocycles. The monoisotopic (exact) mass is 317 g/mol. The van der Waals surface area contributed by atoms with Gasteiger partial charge in [0.2, 0.25) is 11.8 Å². The Kier molecular flexibility index (Phi) is 8.04. The van der Waals surface area contributed by atoms with E-state index in [9.17, 15) is 9.59 Å². The number of nitrogens with one attached hydrogen (secondary N) is 3. The summed E-state index contributed by atoms with van der Waals surface area (Å²) in [5, 5.41) is 9.18. The Hall–Kier alpha value is -0.810. The van der Waals surface area contributed by atoms with Crippen molar-refractivity contribution in [1.29, 1.82) is 0 Å². The molecule has 0 spiro atoms. The highest BCUT2D eigenvalue weighted by Crippen LogP contribution is 2.27. The maximum atomic E-state index is 12.3. The number of carbonyl (C=O) groups excluding carboxylic acids is 2. The van der Waals surface area contributed by atoms with Crippen LogP contribution in [0.25, 0.3) is 0 Å². The van der Waals surface area contributed by atoms with E-state index in [2.05, 4.69) is 16.0 Å². The number of carbonyl (C=O) groups is 2. The third-order valence-electron chi connectivity index (χ3n) is 4.53. The molecule has 0 bridgehead atoms. The van der Waals surface area contributed by atoms with Gasteiger partial charge in [-0.05, 0) is 50.6 Å². The van der Waals surface area contributed by atoms with Gasteiger partial charge in [0.05, 0.1) is 0 Å². The molecular formula is C15H28ClN3O2. The van der Waals surface area contributed by atoms with Crippen LogP contribution >= 0.6 is 12.4 Å². The van der Waals surface area contributed by atoms with E-state index < -0.39 is 0 Å². The first kappa shape index (κ1) is 18.2. The van der Waals surface area contributed by atoms with E-state index in [1.54, 1.807) is 0 Å². The molecule has 0 aromatic rings. The van der Waals surface area contributed by atoms with Gasteiger partial charge < -0.3 is 16.0 Å². The van der Waals surface area contributed by atoms with E-state index in [-0.39, 0.29) is 30.3 Å². The lowest BCUT2D eigenvalue weighted by molar-refractivity contribution is -0.129. The van der Waals surface area contributed by atoms with E-state index in [4.69, 9.17) is 0 Å². The smallest absolute Gasteiger partial charge is 0.242 e. The number of rotatable bonds is 6. The van der Waals surface area contributed by atoms with Gasteiger partial charge >= 0.3 is 0 Å². The largest absolute Gasteiger partial charge is 0.354 e. The van der Waals surface area contributed by atoms with Crippen LogP contribution in [0, 0.1) is 11.8 Å². The van der Waals surface area contributed by atoms with Gasteiger partial charge in [-0.3, -0.25) is 9.59 Å². The molecule has 2 aliphatic rings. The summed E-state index contributed by atoms with van der Waals surface area (Å²) in [6.45, 7) is 4.36. The van der Waals surface area contributed by atoms with Crippen molar-refractivity contribution in [3.05, 3.63) is 0 Å². The zero-order valence-corrected chi connectivity index (χ0v) is 13.6. The Morgan fingerprint density at radius 3 is 2.52 bits per heavy atom. The predicted molar refractivity (Wildman–Crippen MR) is 85.4 cm³/mol. The van der Waals surface area contributed by atoms with E-state index in [0.29, 0.717) is 18.4 Å². The van der Waals surface area contributed by atoms with Crippen LogP contribution in [0.5, 0.6) is 0 Å². The Morgan fingerprint density at radius 1 is 1.24 bits per heavy atom. The summed E-state index contributed by atoms with van der Waals surface area (Å²) in [5.74, 6) is 0.878. The van der Waals surface area contributed by atoms with Gasteiger partial charge in [-0.25, -0.2) is 0 Å². The quantitative estimate of drug-likeness (QED) is 0.690. The summed E-state index contributed by atoms with van der Waals surface area (Å²) in [5.41, 5.74) is 0. The zero-order chi connectivity index (χ0) is 14.4. The van der Waals surface area contributed by atoms with Crippen LogP contribution < -0.4 is 16.0 Å². The van der Waals surface area contributed by atoms with Crippen LogP contribution in [-0.4, -0.2) is 37.5 Å². The lowest BCUT2D eigenvalue weighted by atomic mass is 9.97. The van der Waals surface area contributed by atoms with Gasteiger partial charge in [-0.15, -0.1) is 12.4 Å². The fraction of sp³-hybridized carbons (Fsp3) is 0.867. The highest BCUT2D eigenvalue weighted by molar-refractivity contribution is 5.87. The standard InChI is InChI=1S/C15H27N3O2.ClH/c1-11(19)18-14(13-4-2-3-5-13)15(20)17-9-7-12-6-8-16-10-12;/h12-14,16H,2-10H2,1H3,(H,17,20)(H,18,19);1H. The van der Waals surface area contributed by atoms with Crippen LogP contribution in [0.15, 0.2) is 0 Å². The summed E-state index contributed by atoms with van der Waals surface area (Å²) in [6, 6.07) is -0.336. The molecule has 1 aliphatic carbocycles. The molecule has 1 saturated heterocycles. The second-order valence-corrected chi connectivity index (χ2v) is 6.16. The average molecular weight is 318 g/mol. The molecule has 2 unspecified atom stereocenters. The second-order valence-electron chi connectivity index (χ2n) is 6.16. The molecule has 5 nitrogen and oxygen atoms in total. The Labute approximate surface area is 133 Å². The molecule has 2 fully saturated rings. The Balaban J connectivity index is 0.00000220. The van der Waals surface area contributed by atoms with Gasteiger partial charge in [0.1, 0.15) is 6.04 Å². The minimum absolute atomic E-state index is 0. The molecule has 1 aliphatic heterocycles. The molecule has 2 amide bonds. The predicted octanol–water partition coefficient (Wildman–Crippen LogP) is 1.22. The number of hydrogen-bond acceptors (Lipinski definition) is 3. The summed E-state index contributed by atoms with van der Waals surface area (Å²) in [6.07, 6.45) is 6.66. The van der Waals surface area contributed by atoms with Gasteiger partial charge in [-0.2, -0.15) is 0 Å². The first-order chi connectivity index (χ1) is 9.66. The summed E-state index contributed by atoms with van der Waals surface area (Å²) >= 11 is 0. The first-order valence-corrected chi connectivity index (χ1v) is 7.92. The average Bonchev–Trinajstić information content (AvgIpc) is 3.08. The first-order valence-electron chi connectivity index (χ1n) is 7.92. The molecule has 0 radical (unpaired) electrons. The van der Waals surface area contributed by atoms with Crippen molar-refractivity contribution in [1.82, 2.24) is 16.0 Å². The minimum Gasteiger partial charge on any atom is -0.354 e. The van der Waals surface area contributed by atoms with E-state index in [1.165, 1.54) is 26.2 Å². The molecule has 6 heteroatoms. The maximum absolute atomic E-state index is 12.3. The second kappa shape index (κ2) is 9.26. The third kappa shape index (κ3) is 5.83. The highest BCUT2D eigenvalue weighted by Gasteiger charge is 2.31. The van der Waals surface area contributed by atoms with Crippen molar-refractivity contribution >= 4 is 24.2 Å². The fourth-order valence-corrected chi connectivity index (χ4v) is 3.38. The van der Waals surface area contributed by atoms with E-state index in [1.807, 2.05) is 0 Å². The van der Waals surface area contributed by atoms with Crippen molar-refractivity contribution in [3.63, 3.8) is 0 Å². The third-order valence-corrected chi connectivity index (χ3v) is 4.53. The van der Waals surface area contributed by atoms with Gasteiger partial charge in [0, 0.05) is 13.5 Å². The molecule has 2 rings (SSSR count). The maximum Gasteiger partial charge on any atom is 0.242 e. The van der Waals surface area contributed by atoms with Crippen LogP contribution in [0.4, 0.5) is 0 Å². The molecule has 21 heavy (non-hydrogen) atoms. The molecule has 122 valence electrons. The van der Waals surface area contributed by atoms with Crippen molar-refractivity contribution in [2.75, 3.05) is 19.6 Å². The molecule has 3 N–H and O–H groups in total. The molecule has 0 aromatic heterocycles. The van der Waals surface area contributed by atoms with Crippen LogP contribution in [-0.2, 0) is 9.59 Å². The number of halogens is 1. The van der Waals surface area contributed by atoms with Gasteiger partial charge in [0.15, 0.2) is 0 Å². The fourth-order valence-electron chi connectivity index (χ4n) is 3.38. The van der Waals surface area contributed by atoms with Crippen molar-refractivity contribution in [2.24, 2.45) is 11.8 Å². The molecular weight excluding hydrogens is 290 g/mol. The van der Waals surface area contributed by atoms with E-state index in [0.717, 1.165) is 32.4 Å². The topological polar surface area (TPSA) is 70.2 Å². The number of hydrogen-bond donors (Lipinski definition) is 3. The highest BCUT2D eigenvalue weighted by atomic mass is 35.5. The van der Waals surface area contributed by atoms with Gasteiger partial charge in [-0.1, -0.05) is 12.8 Å². The van der Waals surface area contributed by atoms with Crippen LogP contribution in [0.1, 0.15) is 45.4 Å². The van der Waals surface area contributed by atoms with Crippen LogP contribution in [0.3, 0.4) is 0 Å². The summed E-state index contributed by atoms with van der Waals surface area (Å²) in [4.78, 5) is 23.6. The molecule has 2 atom stereocenters. The van der Waals surface area contributed by atoms with E-state index >= 15 is 0 Å². The normalized spacial score (nSPS) is 23.4. The summed E-state index contributed by atoms with van der Waals surface area (Å²) in [7, 11) is 0. The van der Waals surface area contributed by atoms with Crippen molar-refractivity contribution in [3.8, 4) is 0 Å². The lowest BCUT2D eigenvalue weighted by Gasteiger charge is -2.23.